The summed E-state index contributed by atoms with van der Waals surface area (Å²) in [6.45, 7) is 0.0168. The molecule has 1 fully saturated rings. The van der Waals surface area contributed by atoms with E-state index in [2.05, 4.69) is 9.51 Å². The summed E-state index contributed by atoms with van der Waals surface area (Å²) < 4.78 is 21.8. The first-order chi connectivity index (χ1) is 8.56. The van der Waals surface area contributed by atoms with Gasteiger partial charge in [-0.2, -0.15) is 0 Å². The fraction of sp³-hybridized carbons (Fsp3) is 0.556. The molecule has 0 amide bonds. The molecule has 3 atom stereocenters. The molecule has 0 radical (unpaired) electrons. The second kappa shape index (κ2) is 5.62. The Kier molecular flexibility index (Phi) is 4.13. The maximum Gasteiger partial charge on any atom is 0.330 e. The Morgan fingerprint density at radius 1 is 1.56 bits per heavy atom. The highest BCUT2D eigenvalue weighted by molar-refractivity contribution is 7.32. The molecule has 0 aromatic carbocycles. The molecular weight excluding hydrogens is 263 g/mol. The zero-order chi connectivity index (χ0) is 13.1. The number of nitrogens with zero attached hydrogens (tertiary/aromatic N) is 1. The largest absolute Gasteiger partial charge is 0.352 e. The number of rotatable bonds is 4. The molecule has 0 aliphatic carbocycles. The molecule has 2 N–H and O–H groups in total. The fourth-order valence-corrected chi connectivity index (χ4v) is 2.16. The molecule has 18 heavy (non-hydrogen) atoms. The van der Waals surface area contributed by atoms with Gasteiger partial charge in [0.1, 0.15) is 6.23 Å². The summed E-state index contributed by atoms with van der Waals surface area (Å²) in [7, 11) is -2.96. The van der Waals surface area contributed by atoms with E-state index in [-0.39, 0.29) is 12.7 Å². The molecule has 1 aliphatic heterocycles. The van der Waals surface area contributed by atoms with E-state index in [1.165, 1.54) is 16.8 Å². The van der Waals surface area contributed by atoms with Crippen molar-refractivity contribution in [2.75, 3.05) is 6.61 Å². The van der Waals surface area contributed by atoms with Gasteiger partial charge >= 0.3 is 13.9 Å². The first-order valence-corrected chi connectivity index (χ1v) is 6.65. The van der Waals surface area contributed by atoms with Crippen molar-refractivity contribution in [1.29, 1.82) is 0 Å². The maximum absolute atomic E-state index is 11.5. The van der Waals surface area contributed by atoms with Gasteiger partial charge in [-0.05, 0) is 12.8 Å². The Morgan fingerprint density at radius 2 is 2.33 bits per heavy atom. The van der Waals surface area contributed by atoms with Crippen molar-refractivity contribution in [1.82, 2.24) is 9.55 Å². The van der Waals surface area contributed by atoms with Gasteiger partial charge in [0.15, 0.2) is 0 Å². The van der Waals surface area contributed by atoms with Crippen molar-refractivity contribution in [3.63, 3.8) is 0 Å². The predicted molar refractivity (Wildman–Crippen MR) is 61.6 cm³/mol. The summed E-state index contributed by atoms with van der Waals surface area (Å²) in [5.41, 5.74) is -1.00. The van der Waals surface area contributed by atoms with Gasteiger partial charge in [0, 0.05) is 12.3 Å². The van der Waals surface area contributed by atoms with Crippen molar-refractivity contribution < 1.29 is 18.7 Å². The van der Waals surface area contributed by atoms with Crippen molar-refractivity contribution in [3.05, 3.63) is 33.1 Å². The summed E-state index contributed by atoms with van der Waals surface area (Å²) in [6, 6.07) is 1.24. The van der Waals surface area contributed by atoms with Crippen molar-refractivity contribution >= 4 is 8.25 Å². The summed E-state index contributed by atoms with van der Waals surface area (Å²) in [4.78, 5) is 33.1. The molecule has 2 heterocycles. The Balaban J connectivity index is 2.02. The molecular formula is C9H13N2O6P. The molecule has 100 valence electrons. The number of ether oxygens (including phenoxy) is 1. The van der Waals surface area contributed by atoms with E-state index >= 15 is 0 Å². The smallest absolute Gasteiger partial charge is 0.330 e. The van der Waals surface area contributed by atoms with E-state index in [0.29, 0.717) is 12.8 Å². The van der Waals surface area contributed by atoms with Crippen LogP contribution in [0.1, 0.15) is 19.1 Å². The van der Waals surface area contributed by atoms with Crippen LogP contribution >= 0.6 is 8.25 Å². The summed E-state index contributed by atoms with van der Waals surface area (Å²) >= 11 is 0. The third kappa shape index (κ3) is 3.17. The SMILES string of the molecule is O=c1ccn([C@H]2CC[C@@H](CO[PH](=O)O)O2)c(=O)[nH]1. The van der Waals surface area contributed by atoms with Crippen LogP contribution in [0.3, 0.4) is 0 Å². The highest BCUT2D eigenvalue weighted by Crippen LogP contribution is 2.28. The molecule has 1 aromatic heterocycles. The number of hydrogen-bond donors (Lipinski definition) is 2. The number of aromatic nitrogens is 2. The minimum atomic E-state index is -2.96. The van der Waals surface area contributed by atoms with Crippen LogP contribution in [0.15, 0.2) is 21.9 Å². The fourth-order valence-electron chi connectivity index (χ4n) is 1.83. The minimum Gasteiger partial charge on any atom is -0.352 e. The first-order valence-electron chi connectivity index (χ1n) is 5.39. The van der Waals surface area contributed by atoms with Crippen LogP contribution in [-0.2, 0) is 13.8 Å². The van der Waals surface area contributed by atoms with Gasteiger partial charge in [0.2, 0.25) is 0 Å². The van der Waals surface area contributed by atoms with Crippen LogP contribution in [0.2, 0.25) is 0 Å². The first kappa shape index (κ1) is 13.2. The minimum absolute atomic E-state index is 0.0168. The summed E-state index contributed by atoms with van der Waals surface area (Å²) in [5, 5.41) is 0. The van der Waals surface area contributed by atoms with Gasteiger partial charge in [-0.15, -0.1) is 0 Å². The third-order valence-electron chi connectivity index (χ3n) is 2.64. The average Bonchev–Trinajstić information content (AvgIpc) is 2.75. The van der Waals surface area contributed by atoms with E-state index in [4.69, 9.17) is 9.63 Å². The molecule has 1 unspecified atom stereocenters. The quantitative estimate of drug-likeness (QED) is 0.725. The van der Waals surface area contributed by atoms with E-state index in [0.717, 1.165) is 0 Å². The molecule has 1 aliphatic rings. The standard InChI is InChI=1S/C9H13N2O6P/c12-7-3-4-11(9(13)10-7)8-2-1-6(17-8)5-16-18(14)15/h3-4,6,8,18H,1-2,5H2,(H,14,15)(H,10,12,13)/t6-,8+/m0/s1. The van der Waals surface area contributed by atoms with Crippen LogP contribution in [0.4, 0.5) is 0 Å². The monoisotopic (exact) mass is 276 g/mol. The highest BCUT2D eigenvalue weighted by Gasteiger charge is 2.27. The van der Waals surface area contributed by atoms with E-state index in [1.54, 1.807) is 0 Å². The highest BCUT2D eigenvalue weighted by atomic mass is 31.1. The van der Waals surface area contributed by atoms with Crippen LogP contribution in [-0.4, -0.2) is 27.2 Å². The van der Waals surface area contributed by atoms with Gasteiger partial charge in [0.05, 0.1) is 12.7 Å². The normalized spacial score (nSPS) is 25.2. The lowest BCUT2D eigenvalue weighted by Crippen LogP contribution is -2.31. The topological polar surface area (TPSA) is 111 Å². The Bertz CT molecular complexity index is 552. The summed E-state index contributed by atoms with van der Waals surface area (Å²) in [5.74, 6) is 0. The molecule has 9 heteroatoms. The Hall–Kier alpha value is -1.21. The molecule has 1 saturated heterocycles. The van der Waals surface area contributed by atoms with Crippen LogP contribution in [0, 0.1) is 0 Å². The van der Waals surface area contributed by atoms with Crippen molar-refractivity contribution in [2.45, 2.75) is 25.2 Å². The van der Waals surface area contributed by atoms with Gasteiger partial charge in [-0.3, -0.25) is 18.9 Å². The number of nitrogens with one attached hydrogen (secondary N) is 1. The second-order valence-electron chi connectivity index (χ2n) is 3.88. The van der Waals surface area contributed by atoms with Crippen molar-refractivity contribution in [3.8, 4) is 0 Å². The number of aromatic amines is 1. The Labute approximate surface area is 102 Å². The molecule has 0 saturated carbocycles. The van der Waals surface area contributed by atoms with Crippen molar-refractivity contribution in [2.24, 2.45) is 0 Å². The molecule has 1 aromatic rings. The van der Waals surface area contributed by atoms with Crippen LogP contribution < -0.4 is 11.2 Å². The van der Waals surface area contributed by atoms with Crippen LogP contribution in [0.5, 0.6) is 0 Å². The van der Waals surface area contributed by atoms with Gasteiger partial charge < -0.3 is 14.2 Å². The zero-order valence-electron chi connectivity index (χ0n) is 9.37. The lowest BCUT2D eigenvalue weighted by Gasteiger charge is -2.14. The molecule has 0 spiro atoms. The number of hydrogen-bond acceptors (Lipinski definition) is 5. The predicted octanol–water partition coefficient (Wildman–Crippen LogP) is -0.387. The van der Waals surface area contributed by atoms with E-state index in [9.17, 15) is 14.2 Å². The van der Waals surface area contributed by atoms with Gasteiger partial charge in [-0.25, -0.2) is 4.79 Å². The Morgan fingerprint density at radius 3 is 3.00 bits per heavy atom. The molecule has 8 nitrogen and oxygen atoms in total. The van der Waals surface area contributed by atoms with E-state index in [1.807, 2.05) is 0 Å². The lowest BCUT2D eigenvalue weighted by molar-refractivity contribution is -0.0203. The number of H-pyrrole nitrogens is 1. The second-order valence-corrected chi connectivity index (χ2v) is 4.70. The van der Waals surface area contributed by atoms with Gasteiger partial charge in [-0.1, -0.05) is 0 Å². The third-order valence-corrected chi connectivity index (χ3v) is 3.05. The summed E-state index contributed by atoms with van der Waals surface area (Å²) in [6.07, 6.45) is 1.75. The average molecular weight is 276 g/mol. The molecule has 2 rings (SSSR count). The zero-order valence-corrected chi connectivity index (χ0v) is 10.4. The van der Waals surface area contributed by atoms with Crippen LogP contribution in [0.25, 0.3) is 0 Å². The molecule has 0 bridgehead atoms. The van der Waals surface area contributed by atoms with Gasteiger partial charge in [0.25, 0.3) is 5.56 Å². The lowest BCUT2D eigenvalue weighted by atomic mass is 10.2. The maximum atomic E-state index is 11.5. The van der Waals surface area contributed by atoms with E-state index < -0.39 is 25.7 Å².